The molecule has 260 valence electrons. The smallest absolute Gasteiger partial charge is 0.274 e. The van der Waals surface area contributed by atoms with Gasteiger partial charge in [0, 0.05) is 28.4 Å². The van der Waals surface area contributed by atoms with Gasteiger partial charge in [-0.15, -0.1) is 0 Å². The van der Waals surface area contributed by atoms with Gasteiger partial charge < -0.3 is 20.8 Å². The number of aliphatic hydroxyl groups is 1. The molecule has 7 nitrogen and oxygen atoms in total. The standard InChI is InChI=1S/C47H33N3O4/c51-40-26-22-30-12-3-7-16-34(30)44(40)42-32-14-5-1-10-28(32)20-24-36(42)49-46(53)38-18-9-19-39(48-38)47(54)50-37-25-21-29-11-2-6-15-33(29)43(37)45-35-17-8-4-13-31(35)23-27-41(45)52/h1-27,40,44,51-52H,(H,49,53)(H,50,54)/t40-,44?/m1/s1. The lowest BCUT2D eigenvalue weighted by Crippen LogP contribution is -2.24. The first-order valence-electron chi connectivity index (χ1n) is 17.7. The summed E-state index contributed by atoms with van der Waals surface area (Å²) in [6.45, 7) is 0. The summed E-state index contributed by atoms with van der Waals surface area (Å²) in [6, 6.07) is 47.3. The van der Waals surface area contributed by atoms with Crippen LogP contribution < -0.4 is 10.6 Å². The molecule has 0 radical (unpaired) electrons. The van der Waals surface area contributed by atoms with Gasteiger partial charge in [-0.2, -0.15) is 0 Å². The van der Waals surface area contributed by atoms with Crippen molar-refractivity contribution in [2.75, 3.05) is 10.6 Å². The maximum absolute atomic E-state index is 14.0. The van der Waals surface area contributed by atoms with E-state index in [9.17, 15) is 19.8 Å². The Balaban J connectivity index is 1.07. The highest BCUT2D eigenvalue weighted by molar-refractivity contribution is 6.15. The number of aromatic hydroxyl groups is 1. The number of anilines is 2. The lowest BCUT2D eigenvalue weighted by Gasteiger charge is -2.30. The molecule has 0 bridgehead atoms. The fourth-order valence-electron chi connectivity index (χ4n) is 7.74. The van der Waals surface area contributed by atoms with E-state index in [4.69, 9.17) is 0 Å². The Morgan fingerprint density at radius 1 is 0.537 bits per heavy atom. The first-order chi connectivity index (χ1) is 26.4. The van der Waals surface area contributed by atoms with Crippen LogP contribution in [0.25, 0.3) is 49.5 Å². The molecule has 2 amide bonds. The Morgan fingerprint density at radius 2 is 1.07 bits per heavy atom. The van der Waals surface area contributed by atoms with E-state index in [2.05, 4.69) is 15.6 Å². The second kappa shape index (κ2) is 13.5. The van der Waals surface area contributed by atoms with Crippen LogP contribution in [-0.2, 0) is 0 Å². The topological polar surface area (TPSA) is 112 Å². The van der Waals surface area contributed by atoms with Crippen LogP contribution in [0, 0.1) is 0 Å². The van der Waals surface area contributed by atoms with Crippen LogP contribution in [0.15, 0.2) is 158 Å². The zero-order valence-corrected chi connectivity index (χ0v) is 28.9. The number of fused-ring (bicyclic) bond motifs is 4. The molecule has 1 heterocycles. The van der Waals surface area contributed by atoms with E-state index in [0.29, 0.717) is 22.5 Å². The normalized spacial score (nSPS) is 14.9. The van der Waals surface area contributed by atoms with Crippen molar-refractivity contribution in [3.63, 3.8) is 0 Å². The molecule has 0 saturated heterocycles. The predicted octanol–water partition coefficient (Wildman–Crippen LogP) is 9.94. The monoisotopic (exact) mass is 703 g/mol. The van der Waals surface area contributed by atoms with E-state index in [1.165, 1.54) is 0 Å². The first kappa shape index (κ1) is 32.8. The number of rotatable bonds is 6. The Bertz CT molecular complexity index is 2830. The van der Waals surface area contributed by atoms with Crippen molar-refractivity contribution in [3.8, 4) is 16.9 Å². The number of phenols is 1. The summed E-state index contributed by atoms with van der Waals surface area (Å²) in [5, 5.41) is 34.2. The molecule has 0 fully saturated rings. The lowest BCUT2D eigenvalue weighted by atomic mass is 9.78. The number of nitrogens with one attached hydrogen (secondary N) is 2. The number of phenolic OH excluding ortho intramolecular Hbond substituents is 1. The molecule has 2 atom stereocenters. The summed E-state index contributed by atoms with van der Waals surface area (Å²) in [5.41, 5.74) is 5.16. The SMILES string of the molecule is O=C(Nc1ccc2ccccc2c1-c1c(O)ccc2ccccc12)c1cccc(C(=O)Nc2ccc3ccccc3c2C2c3ccccc3C=C[C@H]2O)n1. The number of carbonyl (C=O) groups excluding carboxylic acids is 2. The lowest BCUT2D eigenvalue weighted by molar-refractivity contribution is 0.101. The highest BCUT2D eigenvalue weighted by atomic mass is 16.3. The van der Waals surface area contributed by atoms with E-state index >= 15 is 0 Å². The number of hydrogen-bond acceptors (Lipinski definition) is 5. The first-order valence-corrected chi connectivity index (χ1v) is 17.7. The van der Waals surface area contributed by atoms with Crippen molar-refractivity contribution in [1.29, 1.82) is 0 Å². The van der Waals surface area contributed by atoms with Crippen molar-refractivity contribution < 1.29 is 19.8 Å². The second-order valence-corrected chi connectivity index (χ2v) is 13.4. The van der Waals surface area contributed by atoms with Gasteiger partial charge in [0.1, 0.15) is 17.1 Å². The average molecular weight is 704 g/mol. The fraction of sp³-hybridized carbons (Fsp3) is 0.0426. The fourth-order valence-corrected chi connectivity index (χ4v) is 7.74. The largest absolute Gasteiger partial charge is 0.507 e. The molecule has 0 aliphatic heterocycles. The van der Waals surface area contributed by atoms with Crippen LogP contribution in [0.5, 0.6) is 5.75 Å². The summed E-state index contributed by atoms with van der Waals surface area (Å²) >= 11 is 0. The number of hydrogen-bond donors (Lipinski definition) is 4. The molecular formula is C47H33N3O4. The van der Waals surface area contributed by atoms with Crippen molar-refractivity contribution in [2.24, 2.45) is 0 Å². The van der Waals surface area contributed by atoms with Crippen LogP contribution in [0.2, 0.25) is 0 Å². The van der Waals surface area contributed by atoms with Gasteiger partial charge in [0.05, 0.1) is 6.10 Å². The number of pyridine rings is 1. The Hall–Kier alpha value is -7.09. The minimum atomic E-state index is -0.817. The van der Waals surface area contributed by atoms with Crippen LogP contribution in [-0.4, -0.2) is 33.1 Å². The summed E-state index contributed by atoms with van der Waals surface area (Å²) in [7, 11) is 0. The van der Waals surface area contributed by atoms with E-state index in [1.54, 1.807) is 30.3 Å². The zero-order chi connectivity index (χ0) is 36.8. The van der Waals surface area contributed by atoms with E-state index in [-0.39, 0.29) is 17.1 Å². The van der Waals surface area contributed by atoms with Crippen LogP contribution in [0.3, 0.4) is 0 Å². The summed E-state index contributed by atoms with van der Waals surface area (Å²) in [5.74, 6) is -1.36. The molecular weight excluding hydrogens is 671 g/mol. The number of aliphatic hydroxyl groups excluding tert-OH is 1. The van der Waals surface area contributed by atoms with E-state index in [0.717, 1.165) is 49.0 Å². The number of nitrogens with zero attached hydrogens (tertiary/aromatic N) is 1. The number of aromatic nitrogens is 1. The molecule has 1 aromatic heterocycles. The molecule has 0 spiro atoms. The molecule has 4 N–H and O–H groups in total. The Labute approximate surface area is 310 Å². The van der Waals surface area contributed by atoms with Gasteiger partial charge in [0.25, 0.3) is 11.8 Å². The Morgan fingerprint density at radius 3 is 1.78 bits per heavy atom. The van der Waals surface area contributed by atoms with Gasteiger partial charge in [0.15, 0.2) is 0 Å². The number of carbonyl (C=O) groups is 2. The Kier molecular flexibility index (Phi) is 8.18. The van der Waals surface area contributed by atoms with Crippen LogP contribution in [0.4, 0.5) is 11.4 Å². The van der Waals surface area contributed by atoms with Gasteiger partial charge in [-0.3, -0.25) is 9.59 Å². The average Bonchev–Trinajstić information content (AvgIpc) is 3.21. The molecule has 0 saturated carbocycles. The highest BCUT2D eigenvalue weighted by Gasteiger charge is 2.30. The summed E-state index contributed by atoms with van der Waals surface area (Å²) < 4.78 is 0. The quantitative estimate of drug-likeness (QED) is 0.138. The highest BCUT2D eigenvalue weighted by Crippen LogP contribution is 2.45. The van der Waals surface area contributed by atoms with E-state index < -0.39 is 23.8 Å². The molecule has 1 aliphatic carbocycles. The van der Waals surface area contributed by atoms with Crippen LogP contribution in [0.1, 0.15) is 43.6 Å². The molecule has 54 heavy (non-hydrogen) atoms. The summed E-state index contributed by atoms with van der Waals surface area (Å²) in [4.78, 5) is 32.5. The number of amides is 2. The molecule has 7 aromatic carbocycles. The molecule has 1 aliphatic rings. The van der Waals surface area contributed by atoms with Crippen molar-refractivity contribution in [3.05, 3.63) is 186 Å². The second-order valence-electron chi connectivity index (χ2n) is 13.4. The van der Waals surface area contributed by atoms with Gasteiger partial charge in [-0.05, 0) is 79.3 Å². The minimum absolute atomic E-state index is 0.0457. The maximum Gasteiger partial charge on any atom is 0.274 e. The van der Waals surface area contributed by atoms with Crippen molar-refractivity contribution >= 4 is 61.6 Å². The molecule has 9 rings (SSSR count). The van der Waals surface area contributed by atoms with Crippen molar-refractivity contribution in [1.82, 2.24) is 4.98 Å². The van der Waals surface area contributed by atoms with Gasteiger partial charge in [-0.1, -0.05) is 133 Å². The van der Waals surface area contributed by atoms with Gasteiger partial charge in [-0.25, -0.2) is 4.98 Å². The zero-order valence-electron chi connectivity index (χ0n) is 28.9. The molecule has 7 heteroatoms. The third-order valence-electron chi connectivity index (χ3n) is 10.2. The van der Waals surface area contributed by atoms with E-state index in [1.807, 2.05) is 133 Å². The van der Waals surface area contributed by atoms with Crippen molar-refractivity contribution in [2.45, 2.75) is 12.0 Å². The maximum atomic E-state index is 14.0. The molecule has 8 aromatic rings. The van der Waals surface area contributed by atoms with Crippen LogP contribution >= 0.6 is 0 Å². The van der Waals surface area contributed by atoms with Gasteiger partial charge >= 0.3 is 0 Å². The summed E-state index contributed by atoms with van der Waals surface area (Å²) in [6.07, 6.45) is 2.89. The number of benzene rings is 7. The van der Waals surface area contributed by atoms with Gasteiger partial charge in [0.2, 0.25) is 0 Å². The molecule has 1 unspecified atom stereocenters. The predicted molar refractivity (Wildman–Crippen MR) is 216 cm³/mol. The third kappa shape index (κ3) is 5.73. The third-order valence-corrected chi connectivity index (χ3v) is 10.2. The minimum Gasteiger partial charge on any atom is -0.507 e.